The lowest BCUT2D eigenvalue weighted by Crippen LogP contribution is -2.09. The summed E-state index contributed by atoms with van der Waals surface area (Å²) < 4.78 is 5.30. The number of hydrogen-bond donors (Lipinski definition) is 1. The minimum Gasteiger partial charge on any atom is -0.421 e. The molecule has 0 aliphatic heterocycles. The first-order valence-corrected chi connectivity index (χ1v) is 13.1. The molecule has 0 saturated carbocycles. The van der Waals surface area contributed by atoms with Gasteiger partial charge >= 0.3 is 5.97 Å². The van der Waals surface area contributed by atoms with Gasteiger partial charge in [0.2, 0.25) is 0 Å². The predicted molar refractivity (Wildman–Crippen MR) is 139 cm³/mol. The Labute approximate surface area is 205 Å². The summed E-state index contributed by atoms with van der Waals surface area (Å²) in [5, 5.41) is 3.80. The molecule has 5 heteroatoms. The lowest BCUT2D eigenvalue weighted by atomic mass is 10.0. The van der Waals surface area contributed by atoms with E-state index in [2.05, 4.69) is 24.1 Å². The van der Waals surface area contributed by atoms with E-state index in [9.17, 15) is 4.79 Å². The molecule has 0 aliphatic rings. The number of benzene rings is 1. The predicted octanol–water partition coefficient (Wildman–Crippen LogP) is 8.70. The Bertz CT molecular complexity index is 775. The number of carbonyl (C=O) groups excluding carboxylic acids is 1. The minimum absolute atomic E-state index is 0.364. The number of nitrogens with one attached hydrogen (secondary N) is 1. The third-order valence-corrected chi connectivity index (χ3v) is 6.04. The number of hydrogen-bond acceptors (Lipinski definition) is 4. The van der Waals surface area contributed by atoms with Crippen molar-refractivity contribution in [3.8, 4) is 5.75 Å². The van der Waals surface area contributed by atoms with E-state index in [1.807, 2.05) is 12.1 Å². The molecule has 1 N–H and O–H groups in total. The Morgan fingerprint density at radius 2 is 1.42 bits per heavy atom. The molecule has 0 unspecified atom stereocenters. The smallest absolute Gasteiger partial charge is 0.343 e. The molecule has 0 radical (unpaired) electrons. The summed E-state index contributed by atoms with van der Waals surface area (Å²) in [6, 6.07) is 10.6. The number of halogens is 1. The van der Waals surface area contributed by atoms with Crippen LogP contribution in [0.25, 0.3) is 0 Å². The molecule has 1 aromatic heterocycles. The summed E-state index contributed by atoms with van der Waals surface area (Å²) in [5.74, 6) is 0.830. The second kappa shape index (κ2) is 16.5. The Morgan fingerprint density at radius 1 is 0.848 bits per heavy atom. The van der Waals surface area contributed by atoms with Crippen LogP contribution < -0.4 is 10.1 Å². The number of ether oxygens (including phenoxy) is 1. The first-order chi connectivity index (χ1) is 16.0. The van der Waals surface area contributed by atoms with Gasteiger partial charge in [-0.25, -0.2) is 9.78 Å². The Morgan fingerprint density at radius 3 is 1.97 bits per heavy atom. The number of carbonyl (C=O) groups is 1. The number of unbranched alkanes of at least 4 members (excludes halogenated alkanes) is 10. The fraction of sp³-hybridized carbons (Fsp3) is 0.571. The molecule has 0 atom stereocenters. The highest BCUT2D eigenvalue weighted by Gasteiger charge is 2.08. The Balaban J connectivity index is 1.46. The van der Waals surface area contributed by atoms with Crippen LogP contribution in [0.3, 0.4) is 0 Å². The highest BCUT2D eigenvalue weighted by atomic mass is 35.5. The largest absolute Gasteiger partial charge is 0.421 e. The summed E-state index contributed by atoms with van der Waals surface area (Å²) in [6.45, 7) is 5.59. The topological polar surface area (TPSA) is 51.2 Å². The van der Waals surface area contributed by atoms with Crippen molar-refractivity contribution >= 4 is 23.3 Å². The van der Waals surface area contributed by atoms with Crippen LogP contribution in [0, 0.1) is 5.92 Å². The van der Waals surface area contributed by atoms with Crippen molar-refractivity contribution in [2.75, 3.05) is 11.9 Å². The molecule has 1 heterocycles. The molecule has 0 amide bonds. The van der Waals surface area contributed by atoms with Crippen molar-refractivity contribution in [1.29, 1.82) is 0 Å². The molecule has 2 rings (SSSR count). The van der Waals surface area contributed by atoms with E-state index in [1.54, 1.807) is 24.3 Å². The summed E-state index contributed by atoms with van der Waals surface area (Å²) in [4.78, 5) is 16.1. The van der Waals surface area contributed by atoms with Crippen molar-refractivity contribution in [3.63, 3.8) is 0 Å². The molecule has 182 valence electrons. The average Bonchev–Trinajstić information content (AvgIpc) is 2.81. The summed E-state index contributed by atoms with van der Waals surface area (Å²) in [7, 11) is 0. The van der Waals surface area contributed by atoms with Crippen molar-refractivity contribution in [3.05, 3.63) is 53.3 Å². The van der Waals surface area contributed by atoms with Crippen molar-refractivity contribution in [1.82, 2.24) is 4.98 Å². The quantitative estimate of drug-likeness (QED) is 0.142. The highest BCUT2D eigenvalue weighted by molar-refractivity contribution is 6.29. The number of esters is 1. The van der Waals surface area contributed by atoms with E-state index in [4.69, 9.17) is 16.3 Å². The second-order valence-corrected chi connectivity index (χ2v) is 9.67. The van der Waals surface area contributed by atoms with E-state index in [0.717, 1.165) is 18.2 Å². The maximum Gasteiger partial charge on any atom is 0.343 e. The zero-order chi connectivity index (χ0) is 23.7. The van der Waals surface area contributed by atoms with Gasteiger partial charge in [0.1, 0.15) is 10.9 Å². The summed E-state index contributed by atoms with van der Waals surface area (Å²) in [6.07, 6.45) is 17.8. The van der Waals surface area contributed by atoms with Crippen LogP contribution in [0.1, 0.15) is 101 Å². The van der Waals surface area contributed by atoms with Crippen LogP contribution in [0.15, 0.2) is 42.6 Å². The van der Waals surface area contributed by atoms with Crippen LogP contribution >= 0.6 is 11.6 Å². The third-order valence-electron chi connectivity index (χ3n) is 5.82. The molecule has 4 nitrogen and oxygen atoms in total. The monoisotopic (exact) mass is 472 g/mol. The van der Waals surface area contributed by atoms with E-state index in [-0.39, 0.29) is 0 Å². The van der Waals surface area contributed by atoms with Gasteiger partial charge in [0.05, 0.1) is 11.8 Å². The van der Waals surface area contributed by atoms with Crippen molar-refractivity contribution in [2.24, 2.45) is 5.92 Å². The van der Waals surface area contributed by atoms with Gasteiger partial charge in [-0.3, -0.25) is 0 Å². The van der Waals surface area contributed by atoms with Gasteiger partial charge in [0, 0.05) is 12.2 Å². The molecule has 0 saturated heterocycles. The average molecular weight is 473 g/mol. The highest BCUT2D eigenvalue weighted by Crippen LogP contribution is 2.17. The number of anilines is 1. The molecular weight excluding hydrogens is 432 g/mol. The fourth-order valence-corrected chi connectivity index (χ4v) is 3.93. The molecule has 2 aromatic rings. The third kappa shape index (κ3) is 12.7. The molecule has 0 bridgehead atoms. The maximum atomic E-state index is 12.2. The van der Waals surface area contributed by atoms with Crippen molar-refractivity contribution < 1.29 is 9.53 Å². The van der Waals surface area contributed by atoms with Crippen LogP contribution in [0.5, 0.6) is 5.75 Å². The van der Waals surface area contributed by atoms with Gasteiger partial charge in [0.25, 0.3) is 0 Å². The van der Waals surface area contributed by atoms with Crippen LogP contribution in [-0.2, 0) is 0 Å². The Hall–Kier alpha value is -2.07. The van der Waals surface area contributed by atoms with Crippen molar-refractivity contribution in [2.45, 2.75) is 90.9 Å². The van der Waals surface area contributed by atoms with E-state index >= 15 is 0 Å². The van der Waals surface area contributed by atoms with Gasteiger partial charge in [-0.05, 0) is 48.7 Å². The normalized spacial score (nSPS) is 11.0. The van der Waals surface area contributed by atoms with E-state index in [1.165, 1.54) is 83.2 Å². The second-order valence-electron chi connectivity index (χ2n) is 9.28. The summed E-state index contributed by atoms with van der Waals surface area (Å²) in [5.41, 5.74) is 1.53. The fourth-order valence-electron chi connectivity index (χ4n) is 3.81. The van der Waals surface area contributed by atoms with Gasteiger partial charge in [-0.15, -0.1) is 0 Å². The standard InChI is InChI=1S/C28H41ClN2O2/c1-23(2)14-12-10-8-6-4-3-5-7-9-11-13-21-30-25-17-15-24(16-18-25)28(32)33-26-19-20-27(29)31-22-26/h15-20,22-23,30H,3-14,21H2,1-2H3. The van der Waals surface area contributed by atoms with Gasteiger partial charge in [0.15, 0.2) is 0 Å². The summed E-state index contributed by atoms with van der Waals surface area (Å²) >= 11 is 5.74. The number of rotatable bonds is 17. The van der Waals surface area contributed by atoms with Crippen LogP contribution in [0.4, 0.5) is 5.69 Å². The number of nitrogens with zero attached hydrogens (tertiary/aromatic N) is 1. The SMILES string of the molecule is CC(C)CCCCCCCCCCCCCNc1ccc(C(=O)Oc2ccc(Cl)nc2)cc1. The zero-order valence-corrected chi connectivity index (χ0v) is 21.2. The first-order valence-electron chi connectivity index (χ1n) is 12.7. The zero-order valence-electron chi connectivity index (χ0n) is 20.5. The van der Waals surface area contributed by atoms with Crippen LogP contribution in [-0.4, -0.2) is 17.5 Å². The molecule has 33 heavy (non-hydrogen) atoms. The molecule has 0 fully saturated rings. The van der Waals surface area contributed by atoms with Crippen LogP contribution in [0.2, 0.25) is 5.15 Å². The van der Waals surface area contributed by atoms with E-state index in [0.29, 0.717) is 16.5 Å². The minimum atomic E-state index is -0.406. The van der Waals surface area contributed by atoms with Gasteiger partial charge in [-0.2, -0.15) is 0 Å². The maximum absolute atomic E-state index is 12.2. The first kappa shape index (κ1) is 27.2. The molecule has 1 aromatic carbocycles. The number of aromatic nitrogens is 1. The number of pyridine rings is 1. The molecule has 0 spiro atoms. The Kier molecular flexibility index (Phi) is 13.6. The lowest BCUT2D eigenvalue weighted by Gasteiger charge is -2.08. The lowest BCUT2D eigenvalue weighted by molar-refractivity contribution is 0.0734. The molecular formula is C28H41ClN2O2. The van der Waals surface area contributed by atoms with E-state index < -0.39 is 5.97 Å². The molecule has 0 aliphatic carbocycles. The van der Waals surface area contributed by atoms with Gasteiger partial charge < -0.3 is 10.1 Å². The van der Waals surface area contributed by atoms with Gasteiger partial charge in [-0.1, -0.05) is 96.1 Å².